The van der Waals surface area contributed by atoms with Crippen molar-refractivity contribution in [2.45, 2.75) is 30.8 Å². The van der Waals surface area contributed by atoms with E-state index in [9.17, 15) is 14.9 Å². The second-order valence-electron chi connectivity index (χ2n) is 8.38. The number of aromatic nitrogens is 2. The predicted molar refractivity (Wildman–Crippen MR) is 145 cm³/mol. The first-order chi connectivity index (χ1) is 18.0. The van der Waals surface area contributed by atoms with Crippen LogP contribution in [0.2, 0.25) is 0 Å². The summed E-state index contributed by atoms with van der Waals surface area (Å²) in [7, 11) is 0. The van der Waals surface area contributed by atoms with Crippen LogP contribution in [0.25, 0.3) is 0 Å². The van der Waals surface area contributed by atoms with Crippen molar-refractivity contribution in [3.63, 3.8) is 0 Å². The minimum Gasteiger partial charge on any atom is -0.445 e. The predicted octanol–water partition coefficient (Wildman–Crippen LogP) is 4.96. The molecule has 2 heterocycles. The van der Waals surface area contributed by atoms with Gasteiger partial charge in [0.15, 0.2) is 5.82 Å². The fourth-order valence-electron chi connectivity index (χ4n) is 3.93. The van der Waals surface area contributed by atoms with Gasteiger partial charge in [-0.25, -0.2) is 9.78 Å². The van der Waals surface area contributed by atoms with Gasteiger partial charge in [0.2, 0.25) is 5.82 Å². The third-order valence-corrected chi connectivity index (χ3v) is 7.15. The first-order valence-electron chi connectivity index (χ1n) is 11.6. The summed E-state index contributed by atoms with van der Waals surface area (Å²) < 4.78 is 6.01. The van der Waals surface area contributed by atoms with Crippen molar-refractivity contribution < 1.29 is 14.3 Å². The number of likely N-dealkylation sites (tertiary alicyclic amines) is 1. The molecule has 2 amide bonds. The van der Waals surface area contributed by atoms with Crippen molar-refractivity contribution in [1.29, 1.82) is 5.26 Å². The van der Waals surface area contributed by atoms with Gasteiger partial charge in [0.05, 0.1) is 10.5 Å². The van der Waals surface area contributed by atoms with E-state index in [1.54, 1.807) is 22.0 Å². The highest BCUT2D eigenvalue weighted by Gasteiger charge is 2.31. The number of nitrogens with one attached hydrogen (secondary N) is 1. The standard InChI is InChI=1S/C26H24Br2N6O3/c27-14-18-6-8-20(9-7-18)25(35)32-34(24-22(28)16-30-23(15-29)31-24)21-10-12-33(13-11-21)26(36)37-17-19-4-2-1-3-5-19/h1-9,16,21H,10-14,17H2,(H,32,35). The minimum absolute atomic E-state index is 0.0129. The molecule has 0 radical (unpaired) electrons. The summed E-state index contributed by atoms with van der Waals surface area (Å²) in [5.41, 5.74) is 5.42. The molecule has 0 bridgehead atoms. The molecule has 1 N–H and O–H groups in total. The van der Waals surface area contributed by atoms with E-state index in [1.807, 2.05) is 48.5 Å². The molecule has 0 spiro atoms. The number of hydrazine groups is 1. The van der Waals surface area contributed by atoms with Crippen molar-refractivity contribution >= 4 is 49.7 Å². The van der Waals surface area contributed by atoms with Gasteiger partial charge in [0, 0.05) is 30.2 Å². The summed E-state index contributed by atoms with van der Waals surface area (Å²) in [4.78, 5) is 35.8. The molecule has 190 valence electrons. The van der Waals surface area contributed by atoms with Crippen molar-refractivity contribution in [2.75, 3.05) is 18.1 Å². The van der Waals surface area contributed by atoms with E-state index >= 15 is 0 Å². The molecule has 1 aliphatic heterocycles. The maximum atomic E-state index is 13.2. The molecule has 2 aromatic carbocycles. The third kappa shape index (κ3) is 6.84. The maximum absolute atomic E-state index is 13.2. The monoisotopic (exact) mass is 626 g/mol. The number of anilines is 1. The summed E-state index contributed by atoms with van der Waals surface area (Å²) >= 11 is 6.86. The molecule has 1 aromatic heterocycles. The summed E-state index contributed by atoms with van der Waals surface area (Å²) in [5, 5.41) is 11.7. The average Bonchev–Trinajstić information content (AvgIpc) is 2.95. The van der Waals surface area contributed by atoms with Crippen LogP contribution in [-0.2, 0) is 16.7 Å². The Balaban J connectivity index is 1.47. The van der Waals surface area contributed by atoms with Gasteiger partial charge in [-0.1, -0.05) is 58.4 Å². The number of alkyl halides is 1. The highest BCUT2D eigenvalue weighted by molar-refractivity contribution is 9.10. The van der Waals surface area contributed by atoms with Gasteiger partial charge < -0.3 is 9.64 Å². The molecule has 9 nitrogen and oxygen atoms in total. The lowest BCUT2D eigenvalue weighted by Gasteiger charge is -2.38. The fourth-order valence-corrected chi connectivity index (χ4v) is 4.69. The second-order valence-corrected chi connectivity index (χ2v) is 9.79. The zero-order valence-corrected chi connectivity index (χ0v) is 23.0. The van der Waals surface area contributed by atoms with Gasteiger partial charge in [-0.05, 0) is 52.0 Å². The molecule has 1 fully saturated rings. The number of rotatable bonds is 7. The Kier molecular flexibility index (Phi) is 9.09. The molecule has 3 aromatic rings. The highest BCUT2D eigenvalue weighted by atomic mass is 79.9. The Labute approximate surface area is 231 Å². The van der Waals surface area contributed by atoms with Crippen LogP contribution in [0.4, 0.5) is 10.6 Å². The maximum Gasteiger partial charge on any atom is 0.410 e. The van der Waals surface area contributed by atoms with E-state index < -0.39 is 0 Å². The number of hydrogen-bond donors (Lipinski definition) is 1. The molecule has 1 aliphatic rings. The van der Waals surface area contributed by atoms with Crippen molar-refractivity contribution in [3.05, 3.63) is 87.8 Å². The molecular formula is C26H24Br2N6O3. The van der Waals surface area contributed by atoms with E-state index in [0.29, 0.717) is 47.1 Å². The number of carbonyl (C=O) groups excluding carboxylic acids is 2. The van der Waals surface area contributed by atoms with Gasteiger partial charge in [-0.3, -0.25) is 15.2 Å². The topological polar surface area (TPSA) is 111 Å². The zero-order valence-electron chi connectivity index (χ0n) is 19.8. The fraction of sp³-hybridized carbons (Fsp3) is 0.269. The largest absolute Gasteiger partial charge is 0.445 e. The van der Waals surface area contributed by atoms with Gasteiger partial charge in [0.25, 0.3) is 5.91 Å². The van der Waals surface area contributed by atoms with E-state index in [1.165, 1.54) is 6.20 Å². The number of nitrogens with zero attached hydrogens (tertiary/aromatic N) is 5. The third-order valence-electron chi connectivity index (χ3n) is 5.94. The Morgan fingerprint density at radius 3 is 2.46 bits per heavy atom. The van der Waals surface area contributed by atoms with Crippen LogP contribution in [0.15, 0.2) is 65.3 Å². The SMILES string of the molecule is N#Cc1ncc(Br)c(N(NC(=O)c2ccc(CBr)cc2)C2CCN(C(=O)OCc3ccccc3)CC2)n1. The van der Waals surface area contributed by atoms with Gasteiger partial charge in [-0.2, -0.15) is 10.2 Å². The molecule has 0 unspecified atom stereocenters. The second kappa shape index (κ2) is 12.7. The van der Waals surface area contributed by atoms with Crippen LogP contribution in [0, 0.1) is 11.3 Å². The lowest BCUT2D eigenvalue weighted by Crippen LogP contribution is -2.54. The summed E-state index contributed by atoms with van der Waals surface area (Å²) in [6.45, 7) is 1.09. The van der Waals surface area contributed by atoms with Gasteiger partial charge >= 0.3 is 6.09 Å². The van der Waals surface area contributed by atoms with Crippen molar-refractivity contribution in [1.82, 2.24) is 20.3 Å². The van der Waals surface area contributed by atoms with Crippen molar-refractivity contribution in [3.8, 4) is 6.07 Å². The molecule has 1 saturated heterocycles. The first-order valence-corrected chi connectivity index (χ1v) is 13.5. The number of piperidine rings is 1. The minimum atomic E-state index is -0.375. The number of hydrogen-bond acceptors (Lipinski definition) is 7. The van der Waals surface area contributed by atoms with Gasteiger partial charge in [-0.15, -0.1) is 0 Å². The quantitative estimate of drug-likeness (QED) is 0.291. The number of ether oxygens (including phenoxy) is 1. The molecule has 0 aliphatic carbocycles. The molecule has 0 saturated carbocycles. The first kappa shape index (κ1) is 26.6. The molecule has 4 rings (SSSR count). The molecule has 37 heavy (non-hydrogen) atoms. The average molecular weight is 628 g/mol. The lowest BCUT2D eigenvalue weighted by molar-refractivity contribution is 0.0837. The van der Waals surface area contributed by atoms with Crippen LogP contribution >= 0.6 is 31.9 Å². The van der Waals surface area contributed by atoms with Crippen LogP contribution < -0.4 is 10.4 Å². The Bertz CT molecular complexity index is 1280. The lowest BCUT2D eigenvalue weighted by atomic mass is 10.0. The smallest absolute Gasteiger partial charge is 0.410 e. The van der Waals surface area contributed by atoms with Gasteiger partial charge in [0.1, 0.15) is 12.7 Å². The van der Waals surface area contributed by atoms with Crippen LogP contribution in [0.5, 0.6) is 0 Å². The summed E-state index contributed by atoms with van der Waals surface area (Å²) in [5.74, 6) is 0.0537. The van der Waals surface area contributed by atoms with Crippen molar-refractivity contribution in [2.24, 2.45) is 0 Å². The van der Waals surface area contributed by atoms with E-state index in [2.05, 4.69) is 47.3 Å². The number of nitriles is 1. The van der Waals surface area contributed by atoms with E-state index in [-0.39, 0.29) is 30.5 Å². The summed E-state index contributed by atoms with van der Waals surface area (Å²) in [6.07, 6.45) is 2.23. The Hall–Kier alpha value is -3.49. The molecule has 11 heteroatoms. The molecule has 0 atom stereocenters. The van der Waals surface area contributed by atoms with Crippen LogP contribution in [0.3, 0.4) is 0 Å². The van der Waals surface area contributed by atoms with Crippen LogP contribution in [-0.4, -0.2) is 46.0 Å². The number of halogens is 2. The molecular weight excluding hydrogens is 604 g/mol. The Morgan fingerprint density at radius 1 is 1.11 bits per heavy atom. The van der Waals surface area contributed by atoms with Crippen LogP contribution in [0.1, 0.15) is 40.2 Å². The highest BCUT2D eigenvalue weighted by Crippen LogP contribution is 2.28. The van der Waals surface area contributed by atoms with E-state index in [4.69, 9.17) is 4.74 Å². The number of carbonyl (C=O) groups is 2. The Morgan fingerprint density at radius 2 is 1.81 bits per heavy atom. The number of benzene rings is 2. The normalized spacial score (nSPS) is 13.5. The van der Waals surface area contributed by atoms with E-state index in [0.717, 1.165) is 11.1 Å². The number of amides is 2. The zero-order chi connectivity index (χ0) is 26.2. The summed E-state index contributed by atoms with van der Waals surface area (Å²) in [6, 6.07) is 18.5.